The Labute approximate surface area is 169 Å². The third-order valence-corrected chi connectivity index (χ3v) is 6.27. The standard InChI is InChI=1S/C18H14ClN3O3S2/c1-9-2-4-11-13(6-9)18(26)27-17(14(11)8-20)21-16(23)12-5-3-10(22(24)25)7-15(12)19/h3,5,7,9H,2,4,6H2,1H3,(H,21,23). The molecule has 1 aromatic carbocycles. The molecule has 1 unspecified atom stereocenters. The molecule has 1 atom stereocenters. The maximum absolute atomic E-state index is 12.6. The Kier molecular flexibility index (Phi) is 5.56. The van der Waals surface area contributed by atoms with Crippen molar-refractivity contribution in [2.75, 3.05) is 5.32 Å². The summed E-state index contributed by atoms with van der Waals surface area (Å²) < 4.78 is 0.667. The zero-order valence-corrected chi connectivity index (χ0v) is 16.6. The second kappa shape index (κ2) is 7.72. The van der Waals surface area contributed by atoms with E-state index < -0.39 is 10.8 Å². The van der Waals surface area contributed by atoms with Crippen molar-refractivity contribution in [1.29, 1.82) is 5.26 Å². The fraction of sp³-hybridized carbons (Fsp3) is 0.278. The number of hydrogen-bond donors (Lipinski definition) is 1. The van der Waals surface area contributed by atoms with E-state index in [2.05, 4.69) is 18.3 Å². The van der Waals surface area contributed by atoms with Gasteiger partial charge in [-0.1, -0.05) is 30.7 Å². The fourth-order valence-electron chi connectivity index (χ4n) is 3.12. The highest BCUT2D eigenvalue weighted by Gasteiger charge is 2.24. The SMILES string of the molecule is CC1CCc2c(C#N)c(NC(=O)c3ccc([N+](=O)[O-])cc3Cl)sc(=S)c2C1. The Balaban J connectivity index is 1.98. The summed E-state index contributed by atoms with van der Waals surface area (Å²) >= 11 is 12.7. The van der Waals surface area contributed by atoms with E-state index in [0.29, 0.717) is 20.3 Å². The number of benzene rings is 1. The molecule has 0 bridgehead atoms. The number of nitro benzene ring substituents is 1. The lowest BCUT2D eigenvalue weighted by atomic mass is 9.85. The number of carbonyl (C=O) groups is 1. The van der Waals surface area contributed by atoms with Gasteiger partial charge in [0.25, 0.3) is 11.6 Å². The average molecular weight is 420 g/mol. The number of non-ortho nitro benzene ring substituents is 1. The maximum atomic E-state index is 12.6. The summed E-state index contributed by atoms with van der Waals surface area (Å²) in [6, 6.07) is 5.81. The highest BCUT2D eigenvalue weighted by Crippen LogP contribution is 2.36. The van der Waals surface area contributed by atoms with Gasteiger partial charge < -0.3 is 5.32 Å². The van der Waals surface area contributed by atoms with Crippen LogP contribution in [-0.4, -0.2) is 10.8 Å². The number of amides is 1. The number of nitrogens with zero attached hydrogens (tertiary/aromatic N) is 2. The molecule has 9 heteroatoms. The van der Waals surface area contributed by atoms with Crippen LogP contribution in [-0.2, 0) is 12.8 Å². The monoisotopic (exact) mass is 419 g/mol. The topological polar surface area (TPSA) is 96.0 Å². The Morgan fingerprint density at radius 3 is 2.85 bits per heavy atom. The molecule has 1 heterocycles. The third-order valence-electron chi connectivity index (χ3n) is 4.52. The zero-order valence-electron chi connectivity index (χ0n) is 14.2. The minimum Gasteiger partial charge on any atom is -0.312 e. The number of rotatable bonds is 3. The lowest BCUT2D eigenvalue weighted by Crippen LogP contribution is -2.17. The van der Waals surface area contributed by atoms with E-state index in [1.54, 1.807) is 0 Å². The van der Waals surface area contributed by atoms with Crippen LogP contribution in [0.25, 0.3) is 0 Å². The van der Waals surface area contributed by atoms with Crippen LogP contribution >= 0.6 is 35.2 Å². The molecule has 1 aliphatic carbocycles. The van der Waals surface area contributed by atoms with Crippen LogP contribution in [0, 0.1) is 31.2 Å². The molecule has 0 saturated carbocycles. The largest absolute Gasteiger partial charge is 0.312 e. The van der Waals surface area contributed by atoms with E-state index >= 15 is 0 Å². The Bertz CT molecular complexity index is 1060. The van der Waals surface area contributed by atoms with Crippen molar-refractivity contribution < 1.29 is 9.72 Å². The molecule has 6 nitrogen and oxygen atoms in total. The van der Waals surface area contributed by atoms with Crippen LogP contribution in [0.4, 0.5) is 10.7 Å². The number of halogens is 1. The van der Waals surface area contributed by atoms with Crippen molar-refractivity contribution in [1.82, 2.24) is 0 Å². The van der Waals surface area contributed by atoms with Gasteiger partial charge in [0.15, 0.2) is 0 Å². The first kappa shape index (κ1) is 19.4. The minimum absolute atomic E-state index is 0.0319. The second-order valence-electron chi connectivity index (χ2n) is 6.39. The van der Waals surface area contributed by atoms with Gasteiger partial charge in [-0.05, 0) is 42.4 Å². The van der Waals surface area contributed by atoms with Crippen LogP contribution < -0.4 is 5.32 Å². The number of nitriles is 1. The summed E-state index contributed by atoms with van der Waals surface area (Å²) in [5.41, 5.74) is 2.26. The third kappa shape index (κ3) is 3.86. The summed E-state index contributed by atoms with van der Waals surface area (Å²) in [5.74, 6) is -0.0292. The smallest absolute Gasteiger partial charge is 0.270 e. The molecule has 1 N–H and O–H groups in total. The number of nitro groups is 1. The summed E-state index contributed by atoms with van der Waals surface area (Å²) in [6.45, 7) is 2.15. The Morgan fingerprint density at radius 1 is 1.48 bits per heavy atom. The van der Waals surface area contributed by atoms with Gasteiger partial charge in [-0.25, -0.2) is 0 Å². The van der Waals surface area contributed by atoms with Gasteiger partial charge >= 0.3 is 0 Å². The van der Waals surface area contributed by atoms with Crippen LogP contribution in [0.2, 0.25) is 5.02 Å². The van der Waals surface area contributed by atoms with Crippen LogP contribution in [0.5, 0.6) is 0 Å². The molecule has 0 radical (unpaired) electrons. The molecule has 1 amide bonds. The average Bonchev–Trinajstić information content (AvgIpc) is 2.62. The van der Waals surface area contributed by atoms with E-state index in [1.165, 1.54) is 23.5 Å². The van der Waals surface area contributed by atoms with Gasteiger partial charge in [-0.2, -0.15) is 5.26 Å². The molecule has 3 rings (SSSR count). The lowest BCUT2D eigenvalue weighted by Gasteiger charge is -2.23. The van der Waals surface area contributed by atoms with Gasteiger partial charge in [0.1, 0.15) is 11.1 Å². The summed E-state index contributed by atoms with van der Waals surface area (Å²) in [7, 11) is 0. The van der Waals surface area contributed by atoms with E-state index in [-0.39, 0.29) is 16.3 Å². The summed E-state index contributed by atoms with van der Waals surface area (Å²) in [6.07, 6.45) is 2.55. The molecule has 0 saturated heterocycles. The van der Waals surface area contributed by atoms with E-state index in [1.807, 2.05) is 0 Å². The van der Waals surface area contributed by atoms with Crippen molar-refractivity contribution in [3.8, 4) is 6.07 Å². The summed E-state index contributed by atoms with van der Waals surface area (Å²) in [4.78, 5) is 22.8. The minimum atomic E-state index is -0.586. The first-order chi connectivity index (χ1) is 12.8. The molecule has 27 heavy (non-hydrogen) atoms. The van der Waals surface area contributed by atoms with Crippen LogP contribution in [0.15, 0.2) is 18.2 Å². The molecule has 1 aromatic heterocycles. The molecular formula is C18H14ClN3O3S2. The molecular weight excluding hydrogens is 406 g/mol. The first-order valence-corrected chi connectivity index (χ1v) is 9.76. The van der Waals surface area contributed by atoms with Crippen LogP contribution in [0.3, 0.4) is 0 Å². The highest BCUT2D eigenvalue weighted by atomic mass is 35.5. The Morgan fingerprint density at radius 2 is 2.22 bits per heavy atom. The number of carbonyl (C=O) groups excluding carboxylic acids is 1. The predicted octanol–water partition coefficient (Wildman–Crippen LogP) is 5.29. The van der Waals surface area contributed by atoms with Crippen LogP contribution in [0.1, 0.15) is 40.4 Å². The molecule has 0 aliphatic heterocycles. The fourth-order valence-corrected chi connectivity index (χ4v) is 4.77. The van der Waals surface area contributed by atoms with Crippen molar-refractivity contribution in [2.45, 2.75) is 26.2 Å². The number of fused-ring (bicyclic) bond motifs is 1. The number of anilines is 1. The molecule has 2 aromatic rings. The zero-order chi connectivity index (χ0) is 19.7. The number of nitrogens with one attached hydrogen (secondary N) is 1. The van der Waals surface area contributed by atoms with Gasteiger partial charge in [0, 0.05) is 12.1 Å². The van der Waals surface area contributed by atoms with Gasteiger partial charge in [0.2, 0.25) is 0 Å². The van der Waals surface area contributed by atoms with E-state index in [9.17, 15) is 20.2 Å². The Hall–Kier alpha value is -2.34. The predicted molar refractivity (Wildman–Crippen MR) is 107 cm³/mol. The number of hydrogen-bond acceptors (Lipinski definition) is 6. The highest BCUT2D eigenvalue weighted by molar-refractivity contribution is 7.73. The molecule has 138 valence electrons. The van der Waals surface area contributed by atoms with E-state index in [0.717, 1.165) is 36.5 Å². The molecule has 0 fully saturated rings. The summed E-state index contributed by atoms with van der Waals surface area (Å²) in [5, 5.41) is 23.5. The molecule has 0 spiro atoms. The first-order valence-electron chi connectivity index (χ1n) is 8.16. The molecule has 1 aliphatic rings. The van der Waals surface area contributed by atoms with Crippen molar-refractivity contribution in [2.24, 2.45) is 5.92 Å². The van der Waals surface area contributed by atoms with Gasteiger partial charge in [-0.15, -0.1) is 11.3 Å². The van der Waals surface area contributed by atoms with Crippen molar-refractivity contribution in [3.63, 3.8) is 0 Å². The van der Waals surface area contributed by atoms with Crippen molar-refractivity contribution >= 4 is 51.8 Å². The van der Waals surface area contributed by atoms with E-state index in [4.69, 9.17) is 23.8 Å². The lowest BCUT2D eigenvalue weighted by molar-refractivity contribution is -0.384. The quantitative estimate of drug-likeness (QED) is 0.414. The second-order valence-corrected chi connectivity index (χ2v) is 8.48. The van der Waals surface area contributed by atoms with Gasteiger partial charge in [-0.3, -0.25) is 14.9 Å². The van der Waals surface area contributed by atoms with Gasteiger partial charge in [0.05, 0.1) is 24.9 Å². The van der Waals surface area contributed by atoms with Crippen molar-refractivity contribution in [3.05, 3.63) is 59.4 Å². The normalized spacial score (nSPS) is 15.5. The maximum Gasteiger partial charge on any atom is 0.270 e.